The highest BCUT2D eigenvalue weighted by Gasteiger charge is 2.32. The van der Waals surface area contributed by atoms with Crippen LogP contribution in [0.1, 0.15) is 37.3 Å². The van der Waals surface area contributed by atoms with Crippen LogP contribution in [0.2, 0.25) is 0 Å². The molecule has 2 rings (SSSR count). The van der Waals surface area contributed by atoms with Crippen molar-refractivity contribution in [3.05, 3.63) is 41.5 Å². The molecule has 1 heterocycles. The van der Waals surface area contributed by atoms with Gasteiger partial charge in [0.15, 0.2) is 0 Å². The zero-order chi connectivity index (χ0) is 13.9. The van der Waals surface area contributed by atoms with Gasteiger partial charge in [0.1, 0.15) is 0 Å². The molecule has 1 aliphatic heterocycles. The number of hydrogen-bond acceptors (Lipinski definition) is 1. The molecule has 0 bridgehead atoms. The van der Waals surface area contributed by atoms with E-state index in [4.69, 9.17) is 0 Å². The van der Waals surface area contributed by atoms with Gasteiger partial charge < -0.3 is 5.32 Å². The summed E-state index contributed by atoms with van der Waals surface area (Å²) in [6, 6.07) is 6.28. The molecule has 0 spiro atoms. The van der Waals surface area contributed by atoms with Gasteiger partial charge in [0, 0.05) is 12.1 Å². The molecule has 1 fully saturated rings. The Morgan fingerprint density at radius 3 is 2.63 bits per heavy atom. The maximum atomic E-state index is 12.8. The lowest BCUT2D eigenvalue weighted by Crippen LogP contribution is -2.39. The summed E-state index contributed by atoms with van der Waals surface area (Å²) < 4.78 is 38.5. The first-order valence-electron chi connectivity index (χ1n) is 6.57. The summed E-state index contributed by atoms with van der Waals surface area (Å²) in [5, 5.41) is 3.38. The van der Waals surface area contributed by atoms with E-state index in [1.807, 2.05) is 6.08 Å². The largest absolute Gasteiger partial charge is 0.416 e. The van der Waals surface area contributed by atoms with E-state index in [0.717, 1.165) is 25.3 Å². The molecule has 1 nitrogen and oxygen atoms in total. The Labute approximate surface area is 111 Å². The standard InChI is InChI=1S/C15H18F3N/c1-11-5-4-7-13(19-11)10-9-12-6-2-3-8-14(12)15(16,17)18/h2-3,6,8-11,13,19H,4-5,7H2,1H3/b10-9+. The smallest absolute Gasteiger partial charge is 0.308 e. The van der Waals surface area contributed by atoms with Gasteiger partial charge in [0.25, 0.3) is 0 Å². The first-order valence-corrected chi connectivity index (χ1v) is 6.57. The summed E-state index contributed by atoms with van der Waals surface area (Å²) in [5.41, 5.74) is -0.342. The number of hydrogen-bond donors (Lipinski definition) is 1. The lowest BCUT2D eigenvalue weighted by Gasteiger charge is -2.26. The normalized spacial score (nSPS) is 24.8. The molecule has 104 valence electrons. The monoisotopic (exact) mass is 269 g/mol. The fourth-order valence-corrected chi connectivity index (χ4v) is 2.45. The molecule has 0 saturated carbocycles. The molecule has 1 N–H and O–H groups in total. The highest BCUT2D eigenvalue weighted by atomic mass is 19.4. The molecule has 19 heavy (non-hydrogen) atoms. The van der Waals surface area contributed by atoms with Crippen molar-refractivity contribution < 1.29 is 13.2 Å². The summed E-state index contributed by atoms with van der Waals surface area (Å²) in [5.74, 6) is 0. The average Bonchev–Trinajstić information content (AvgIpc) is 2.36. The van der Waals surface area contributed by atoms with E-state index in [1.54, 1.807) is 12.1 Å². The number of nitrogens with one attached hydrogen (secondary N) is 1. The van der Waals surface area contributed by atoms with E-state index in [9.17, 15) is 13.2 Å². The van der Waals surface area contributed by atoms with E-state index in [1.165, 1.54) is 12.1 Å². The van der Waals surface area contributed by atoms with Crippen molar-refractivity contribution in [3.8, 4) is 0 Å². The third-order valence-corrected chi connectivity index (χ3v) is 3.43. The van der Waals surface area contributed by atoms with Crippen molar-refractivity contribution in [3.63, 3.8) is 0 Å². The Hall–Kier alpha value is -1.29. The topological polar surface area (TPSA) is 12.0 Å². The predicted molar refractivity (Wildman–Crippen MR) is 70.7 cm³/mol. The van der Waals surface area contributed by atoms with Gasteiger partial charge in [-0.1, -0.05) is 36.8 Å². The quantitative estimate of drug-likeness (QED) is 0.846. The Balaban J connectivity index is 2.14. The van der Waals surface area contributed by atoms with Crippen LogP contribution in [-0.4, -0.2) is 12.1 Å². The molecule has 0 aliphatic carbocycles. The summed E-state index contributed by atoms with van der Waals surface area (Å²) in [4.78, 5) is 0. The van der Waals surface area contributed by atoms with Crippen LogP contribution in [0.15, 0.2) is 30.3 Å². The second-order valence-electron chi connectivity index (χ2n) is 5.05. The zero-order valence-electron chi connectivity index (χ0n) is 10.9. The van der Waals surface area contributed by atoms with Gasteiger partial charge in [-0.3, -0.25) is 0 Å². The molecule has 0 radical (unpaired) electrons. The van der Waals surface area contributed by atoms with Crippen molar-refractivity contribution in [2.45, 2.75) is 44.4 Å². The van der Waals surface area contributed by atoms with Crippen LogP contribution in [0.5, 0.6) is 0 Å². The van der Waals surface area contributed by atoms with Crippen LogP contribution in [0.4, 0.5) is 13.2 Å². The lowest BCUT2D eigenvalue weighted by atomic mass is 9.98. The summed E-state index contributed by atoms with van der Waals surface area (Å²) >= 11 is 0. The number of benzene rings is 1. The van der Waals surface area contributed by atoms with Crippen LogP contribution in [0.25, 0.3) is 6.08 Å². The molecule has 0 aromatic heterocycles. The summed E-state index contributed by atoms with van der Waals surface area (Å²) in [6.07, 6.45) is 2.36. The van der Waals surface area contributed by atoms with Crippen molar-refractivity contribution in [2.75, 3.05) is 0 Å². The van der Waals surface area contributed by atoms with Crippen molar-refractivity contribution >= 4 is 6.08 Å². The van der Waals surface area contributed by atoms with Gasteiger partial charge in [-0.05, 0) is 31.4 Å². The molecule has 2 unspecified atom stereocenters. The summed E-state index contributed by atoms with van der Waals surface area (Å²) in [6.45, 7) is 2.10. The Morgan fingerprint density at radius 2 is 1.95 bits per heavy atom. The molecular weight excluding hydrogens is 251 g/mol. The zero-order valence-corrected chi connectivity index (χ0v) is 10.9. The maximum Gasteiger partial charge on any atom is 0.416 e. The molecule has 0 amide bonds. The second-order valence-corrected chi connectivity index (χ2v) is 5.05. The highest BCUT2D eigenvalue weighted by Crippen LogP contribution is 2.32. The van der Waals surface area contributed by atoms with E-state index in [-0.39, 0.29) is 11.6 Å². The van der Waals surface area contributed by atoms with E-state index in [0.29, 0.717) is 6.04 Å². The van der Waals surface area contributed by atoms with Crippen LogP contribution < -0.4 is 5.32 Å². The first kappa shape index (κ1) is 14.1. The SMILES string of the molecule is CC1CCCC(/C=C/c2ccccc2C(F)(F)F)N1. The van der Waals surface area contributed by atoms with Crippen LogP contribution in [0.3, 0.4) is 0 Å². The fraction of sp³-hybridized carbons (Fsp3) is 0.467. The molecular formula is C15H18F3N. The lowest BCUT2D eigenvalue weighted by molar-refractivity contribution is -0.137. The highest BCUT2D eigenvalue weighted by molar-refractivity contribution is 5.55. The van der Waals surface area contributed by atoms with Crippen molar-refractivity contribution in [2.24, 2.45) is 0 Å². The average molecular weight is 269 g/mol. The summed E-state index contributed by atoms with van der Waals surface area (Å²) in [7, 11) is 0. The number of rotatable bonds is 2. The van der Waals surface area contributed by atoms with Crippen molar-refractivity contribution in [1.82, 2.24) is 5.32 Å². The maximum absolute atomic E-state index is 12.8. The van der Waals surface area contributed by atoms with Gasteiger partial charge in [-0.25, -0.2) is 0 Å². The number of halogens is 3. The van der Waals surface area contributed by atoms with Crippen LogP contribution in [0, 0.1) is 0 Å². The molecule has 2 atom stereocenters. The van der Waals surface area contributed by atoms with Crippen LogP contribution >= 0.6 is 0 Å². The van der Waals surface area contributed by atoms with Gasteiger partial charge in [0.05, 0.1) is 5.56 Å². The number of piperidine rings is 1. The molecule has 1 aromatic rings. The van der Waals surface area contributed by atoms with Gasteiger partial charge in [0.2, 0.25) is 0 Å². The minimum Gasteiger partial charge on any atom is -0.308 e. The Morgan fingerprint density at radius 1 is 1.21 bits per heavy atom. The van der Waals surface area contributed by atoms with Gasteiger partial charge in [-0.2, -0.15) is 13.2 Å². The second kappa shape index (κ2) is 5.78. The minimum atomic E-state index is -4.30. The number of alkyl halides is 3. The van der Waals surface area contributed by atoms with Gasteiger partial charge >= 0.3 is 6.18 Å². The third-order valence-electron chi connectivity index (χ3n) is 3.43. The van der Waals surface area contributed by atoms with E-state index >= 15 is 0 Å². The van der Waals surface area contributed by atoms with Crippen molar-refractivity contribution in [1.29, 1.82) is 0 Å². The molecule has 1 aromatic carbocycles. The molecule has 4 heteroatoms. The third kappa shape index (κ3) is 3.83. The van der Waals surface area contributed by atoms with Crippen LogP contribution in [-0.2, 0) is 6.18 Å². The van der Waals surface area contributed by atoms with Gasteiger partial charge in [-0.15, -0.1) is 0 Å². The molecule has 1 aliphatic rings. The van der Waals surface area contributed by atoms with E-state index < -0.39 is 11.7 Å². The minimum absolute atomic E-state index is 0.171. The van der Waals surface area contributed by atoms with E-state index in [2.05, 4.69) is 12.2 Å². The fourth-order valence-electron chi connectivity index (χ4n) is 2.45. The first-order chi connectivity index (χ1) is 8.97. The Bertz CT molecular complexity index is 451. The predicted octanol–water partition coefficient (Wildman–Crippen LogP) is 4.25. The Kier molecular flexibility index (Phi) is 4.30. The molecule has 1 saturated heterocycles.